The number of carbonyl (C=O) groups excluding carboxylic acids is 1. The Hall–Kier alpha value is -3.69. The van der Waals surface area contributed by atoms with Gasteiger partial charge >= 0.3 is 0 Å². The Labute approximate surface area is 174 Å². The van der Waals surface area contributed by atoms with Crippen LogP contribution in [0.2, 0.25) is 0 Å². The van der Waals surface area contributed by atoms with E-state index in [1.54, 1.807) is 24.1 Å². The number of amides is 1. The van der Waals surface area contributed by atoms with Crippen LogP contribution in [0.15, 0.2) is 36.7 Å². The van der Waals surface area contributed by atoms with E-state index >= 15 is 0 Å². The fourth-order valence-electron chi connectivity index (χ4n) is 3.37. The molecule has 0 bridgehead atoms. The molecule has 30 heavy (non-hydrogen) atoms. The first kappa shape index (κ1) is 19.6. The second-order valence-electron chi connectivity index (χ2n) is 7.13. The van der Waals surface area contributed by atoms with Crippen molar-refractivity contribution >= 4 is 23.4 Å². The average Bonchev–Trinajstić information content (AvgIpc) is 3.15. The minimum Gasteiger partial charge on any atom is -0.479 e. The van der Waals surface area contributed by atoms with E-state index in [9.17, 15) is 4.79 Å². The third kappa shape index (κ3) is 4.17. The van der Waals surface area contributed by atoms with Crippen molar-refractivity contribution < 1.29 is 9.53 Å². The highest BCUT2D eigenvalue weighted by molar-refractivity contribution is 5.96. The number of aryl methyl sites for hydroxylation is 2. The summed E-state index contributed by atoms with van der Waals surface area (Å²) in [6.45, 7) is 4.54. The van der Waals surface area contributed by atoms with Gasteiger partial charge < -0.3 is 19.9 Å². The summed E-state index contributed by atoms with van der Waals surface area (Å²) in [5, 5.41) is 15.9. The molecule has 0 aliphatic carbocycles. The van der Waals surface area contributed by atoms with Gasteiger partial charge in [-0.2, -0.15) is 0 Å². The molecule has 4 rings (SSSR count). The lowest BCUT2D eigenvalue weighted by atomic mass is 10.2. The molecule has 10 nitrogen and oxygen atoms in total. The van der Waals surface area contributed by atoms with Crippen LogP contribution in [0.3, 0.4) is 0 Å². The molecule has 3 aromatic heterocycles. The van der Waals surface area contributed by atoms with E-state index in [0.29, 0.717) is 43.4 Å². The number of rotatable bonds is 5. The summed E-state index contributed by atoms with van der Waals surface area (Å²) in [6.07, 6.45) is 3.44. The molecule has 10 heteroatoms. The van der Waals surface area contributed by atoms with Crippen molar-refractivity contribution in [3.8, 4) is 5.88 Å². The number of nitrogens with one attached hydrogen (secondary N) is 1. The second kappa shape index (κ2) is 8.36. The molecule has 1 fully saturated rings. The highest BCUT2D eigenvalue weighted by Crippen LogP contribution is 2.20. The minimum atomic E-state index is -0.0733. The highest BCUT2D eigenvalue weighted by Gasteiger charge is 2.26. The second-order valence-corrected chi connectivity index (χ2v) is 7.13. The molecule has 0 atom stereocenters. The van der Waals surface area contributed by atoms with Gasteiger partial charge in [0.2, 0.25) is 5.88 Å². The van der Waals surface area contributed by atoms with Gasteiger partial charge in [0.1, 0.15) is 11.4 Å². The van der Waals surface area contributed by atoms with E-state index in [4.69, 9.17) is 4.74 Å². The third-order valence-corrected chi connectivity index (χ3v) is 4.93. The van der Waals surface area contributed by atoms with Gasteiger partial charge in [-0.3, -0.25) is 9.48 Å². The number of pyridine rings is 1. The maximum Gasteiger partial charge on any atom is 0.261 e. The van der Waals surface area contributed by atoms with Gasteiger partial charge in [-0.1, -0.05) is 0 Å². The number of carbonyl (C=O) groups is 1. The molecule has 0 saturated carbocycles. The quantitative estimate of drug-likeness (QED) is 0.680. The molecular weight excluding hydrogens is 384 g/mol. The molecule has 3 aromatic rings. The van der Waals surface area contributed by atoms with Crippen LogP contribution in [0.4, 0.5) is 17.5 Å². The Morgan fingerprint density at radius 1 is 1.10 bits per heavy atom. The summed E-state index contributed by atoms with van der Waals surface area (Å²) >= 11 is 0. The Balaban J connectivity index is 1.36. The first-order valence-corrected chi connectivity index (χ1v) is 9.69. The van der Waals surface area contributed by atoms with Gasteiger partial charge in [0, 0.05) is 45.6 Å². The smallest absolute Gasteiger partial charge is 0.261 e. The average molecular weight is 408 g/mol. The molecule has 0 spiro atoms. The van der Waals surface area contributed by atoms with Crippen molar-refractivity contribution in [3.05, 3.63) is 47.8 Å². The fourth-order valence-corrected chi connectivity index (χ4v) is 3.37. The van der Waals surface area contributed by atoms with Gasteiger partial charge in [0.15, 0.2) is 11.6 Å². The Morgan fingerprint density at radius 3 is 2.57 bits per heavy atom. The molecule has 0 radical (unpaired) electrons. The lowest BCUT2D eigenvalue weighted by Gasteiger charge is -2.35. The molecular formula is C20H24N8O2. The Kier molecular flexibility index (Phi) is 5.46. The molecule has 1 N–H and O–H groups in total. The van der Waals surface area contributed by atoms with Gasteiger partial charge in [-0.25, -0.2) is 4.98 Å². The van der Waals surface area contributed by atoms with Crippen molar-refractivity contribution in [2.45, 2.75) is 6.92 Å². The summed E-state index contributed by atoms with van der Waals surface area (Å²) < 4.78 is 6.79. The topological polar surface area (TPSA) is 101 Å². The number of aromatic nitrogens is 5. The highest BCUT2D eigenvalue weighted by atomic mass is 16.5. The minimum absolute atomic E-state index is 0.0733. The number of piperazine rings is 1. The lowest BCUT2D eigenvalue weighted by Crippen LogP contribution is -2.49. The van der Waals surface area contributed by atoms with Crippen LogP contribution < -0.4 is 15.0 Å². The number of anilines is 3. The lowest BCUT2D eigenvalue weighted by molar-refractivity contribution is 0.0743. The number of ether oxygens (including phenoxy) is 1. The van der Waals surface area contributed by atoms with E-state index in [2.05, 4.69) is 30.5 Å². The number of methoxy groups -OCH3 is 1. The van der Waals surface area contributed by atoms with Gasteiger partial charge in [-0.15, -0.1) is 15.3 Å². The van der Waals surface area contributed by atoms with Crippen LogP contribution in [0.25, 0.3) is 0 Å². The van der Waals surface area contributed by atoms with Crippen LogP contribution in [-0.2, 0) is 7.05 Å². The number of nitrogens with zero attached hydrogens (tertiary/aromatic N) is 7. The van der Waals surface area contributed by atoms with Gasteiger partial charge in [-0.05, 0) is 36.8 Å². The largest absolute Gasteiger partial charge is 0.479 e. The van der Waals surface area contributed by atoms with Gasteiger partial charge in [0.25, 0.3) is 5.91 Å². The summed E-state index contributed by atoms with van der Waals surface area (Å²) in [6, 6.07) is 7.69. The molecule has 1 aliphatic rings. The van der Waals surface area contributed by atoms with Crippen LogP contribution >= 0.6 is 0 Å². The van der Waals surface area contributed by atoms with Crippen LogP contribution in [0.1, 0.15) is 15.9 Å². The van der Waals surface area contributed by atoms with E-state index in [1.807, 2.05) is 36.1 Å². The Bertz CT molecular complexity index is 1030. The first-order valence-electron chi connectivity index (χ1n) is 9.69. The van der Waals surface area contributed by atoms with Crippen LogP contribution in [0, 0.1) is 6.92 Å². The normalized spacial score (nSPS) is 14.0. The van der Waals surface area contributed by atoms with Crippen LogP contribution in [0.5, 0.6) is 5.88 Å². The van der Waals surface area contributed by atoms with Crippen molar-refractivity contribution in [3.63, 3.8) is 0 Å². The van der Waals surface area contributed by atoms with Crippen molar-refractivity contribution in [2.24, 2.45) is 7.05 Å². The molecule has 0 aromatic carbocycles. The SMILES string of the molecule is COc1nn(C)cc1C(=O)N1CCN(c2ccc(Nc3cc(C)ccn3)nn2)CC1. The van der Waals surface area contributed by atoms with E-state index < -0.39 is 0 Å². The summed E-state index contributed by atoms with van der Waals surface area (Å²) in [4.78, 5) is 21.0. The molecule has 156 valence electrons. The summed E-state index contributed by atoms with van der Waals surface area (Å²) in [5.41, 5.74) is 1.60. The molecule has 1 saturated heterocycles. The zero-order valence-corrected chi connectivity index (χ0v) is 17.2. The number of hydrogen-bond donors (Lipinski definition) is 1. The van der Waals surface area contributed by atoms with Crippen LogP contribution in [-0.4, -0.2) is 69.1 Å². The fraction of sp³-hybridized carbons (Fsp3) is 0.350. The molecule has 1 aliphatic heterocycles. The standard InChI is InChI=1S/C20H24N8O2/c1-14-6-7-21-17(12-14)22-16-4-5-18(24-23-16)27-8-10-28(11-9-27)20(29)15-13-26(2)25-19(15)30-3/h4-7,12-13H,8-11H2,1-3H3,(H,21,22,23). The predicted molar refractivity (Wildman–Crippen MR) is 112 cm³/mol. The molecule has 4 heterocycles. The maximum atomic E-state index is 12.8. The Morgan fingerprint density at radius 2 is 1.90 bits per heavy atom. The molecule has 1 amide bonds. The third-order valence-electron chi connectivity index (χ3n) is 4.93. The molecule has 0 unspecified atom stereocenters. The zero-order valence-electron chi connectivity index (χ0n) is 17.2. The van der Waals surface area contributed by atoms with Crippen molar-refractivity contribution in [1.29, 1.82) is 0 Å². The summed E-state index contributed by atoms with van der Waals surface area (Å²) in [7, 11) is 3.28. The van der Waals surface area contributed by atoms with E-state index in [0.717, 1.165) is 17.2 Å². The van der Waals surface area contributed by atoms with Crippen molar-refractivity contribution in [2.75, 3.05) is 43.5 Å². The van der Waals surface area contributed by atoms with E-state index in [1.165, 1.54) is 7.11 Å². The first-order chi connectivity index (χ1) is 14.5. The number of hydrogen-bond acceptors (Lipinski definition) is 8. The maximum absolute atomic E-state index is 12.8. The monoisotopic (exact) mass is 408 g/mol. The van der Waals surface area contributed by atoms with Gasteiger partial charge in [0.05, 0.1) is 7.11 Å². The zero-order chi connectivity index (χ0) is 21.1. The van der Waals surface area contributed by atoms with E-state index in [-0.39, 0.29) is 5.91 Å². The predicted octanol–water partition coefficient (Wildman–Crippen LogP) is 1.63. The summed E-state index contributed by atoms with van der Waals surface area (Å²) in [5.74, 6) is 2.42. The van der Waals surface area contributed by atoms with Crippen molar-refractivity contribution in [1.82, 2.24) is 29.9 Å².